The number of hydrogen-bond acceptors (Lipinski definition) is 3. The molecule has 5 nitrogen and oxygen atoms in total. The fraction of sp³-hybridized carbons (Fsp3) is 0.500. The van der Waals surface area contributed by atoms with Crippen molar-refractivity contribution in [2.75, 3.05) is 19.0 Å². The Labute approximate surface area is 111 Å². The maximum absolute atomic E-state index is 11.6. The molecule has 1 heterocycles. The van der Waals surface area contributed by atoms with E-state index in [1.165, 1.54) is 6.26 Å². The second kappa shape index (κ2) is 6.44. The normalized spacial score (nSPS) is 11.1. The number of rotatable bonds is 6. The van der Waals surface area contributed by atoms with Crippen LogP contribution in [0.4, 0.5) is 0 Å². The lowest BCUT2D eigenvalue weighted by atomic mass is 9.95. The van der Waals surface area contributed by atoms with E-state index in [4.69, 9.17) is 16.0 Å². The highest BCUT2D eigenvalue weighted by molar-refractivity contribution is 6.19. The summed E-state index contributed by atoms with van der Waals surface area (Å²) in [7, 11) is 0. The van der Waals surface area contributed by atoms with Gasteiger partial charge in [-0.1, -0.05) is 0 Å². The van der Waals surface area contributed by atoms with Crippen LogP contribution >= 0.6 is 11.6 Å². The Morgan fingerprint density at radius 1 is 1.33 bits per heavy atom. The van der Waals surface area contributed by atoms with E-state index in [-0.39, 0.29) is 23.5 Å². The van der Waals surface area contributed by atoms with Gasteiger partial charge in [0.1, 0.15) is 0 Å². The quantitative estimate of drug-likeness (QED) is 0.607. The summed E-state index contributed by atoms with van der Waals surface area (Å²) in [6.45, 7) is 4.21. The van der Waals surface area contributed by atoms with Crippen LogP contribution in [-0.4, -0.2) is 30.8 Å². The average Bonchev–Trinajstić information content (AvgIpc) is 2.87. The Morgan fingerprint density at radius 2 is 2.00 bits per heavy atom. The molecule has 1 aromatic rings. The van der Waals surface area contributed by atoms with Crippen LogP contribution in [0.25, 0.3) is 0 Å². The van der Waals surface area contributed by atoms with Crippen molar-refractivity contribution in [1.29, 1.82) is 0 Å². The standard InChI is InChI=1S/C12H17ClN2O3/c1-12(2,8-13)11(17)15-6-5-14-10(16)9-4-3-7-18-9/h3-4,7H,5-6,8H2,1-2H3,(H,14,16)(H,15,17). The molecule has 6 heteroatoms. The molecule has 0 atom stereocenters. The van der Waals surface area contributed by atoms with E-state index < -0.39 is 5.41 Å². The average molecular weight is 273 g/mol. The number of carbonyl (C=O) groups is 2. The van der Waals surface area contributed by atoms with E-state index in [1.807, 2.05) is 0 Å². The molecule has 0 aromatic carbocycles. The summed E-state index contributed by atoms with van der Waals surface area (Å²) in [5, 5.41) is 5.34. The lowest BCUT2D eigenvalue weighted by molar-refractivity contribution is -0.128. The first-order valence-electron chi connectivity index (χ1n) is 5.63. The molecule has 0 saturated heterocycles. The lowest BCUT2D eigenvalue weighted by Crippen LogP contribution is -2.41. The highest BCUT2D eigenvalue weighted by atomic mass is 35.5. The van der Waals surface area contributed by atoms with Crippen LogP contribution in [0.2, 0.25) is 0 Å². The lowest BCUT2D eigenvalue weighted by Gasteiger charge is -2.20. The molecule has 1 rings (SSSR count). The molecular weight excluding hydrogens is 256 g/mol. The summed E-state index contributed by atoms with van der Waals surface area (Å²) in [4.78, 5) is 23.1. The van der Waals surface area contributed by atoms with Gasteiger partial charge < -0.3 is 15.1 Å². The van der Waals surface area contributed by atoms with Crippen molar-refractivity contribution in [3.8, 4) is 0 Å². The molecule has 2 amide bonds. The SMILES string of the molecule is CC(C)(CCl)C(=O)NCCNC(=O)c1ccco1. The van der Waals surface area contributed by atoms with Crippen LogP contribution in [0, 0.1) is 5.41 Å². The number of nitrogens with one attached hydrogen (secondary N) is 2. The zero-order valence-electron chi connectivity index (χ0n) is 10.5. The highest BCUT2D eigenvalue weighted by Gasteiger charge is 2.25. The van der Waals surface area contributed by atoms with E-state index in [9.17, 15) is 9.59 Å². The molecule has 0 spiro atoms. The molecule has 0 aliphatic carbocycles. The number of amides is 2. The van der Waals surface area contributed by atoms with Crippen LogP contribution in [0.1, 0.15) is 24.4 Å². The molecule has 0 aliphatic heterocycles. The molecule has 0 unspecified atom stereocenters. The number of halogens is 1. The Morgan fingerprint density at radius 3 is 2.56 bits per heavy atom. The predicted molar refractivity (Wildman–Crippen MR) is 68.6 cm³/mol. The first-order valence-corrected chi connectivity index (χ1v) is 6.17. The minimum Gasteiger partial charge on any atom is -0.459 e. The van der Waals surface area contributed by atoms with Crippen LogP contribution in [0.3, 0.4) is 0 Å². The number of alkyl halides is 1. The van der Waals surface area contributed by atoms with E-state index in [0.29, 0.717) is 13.1 Å². The van der Waals surface area contributed by atoms with Crippen LogP contribution in [0.5, 0.6) is 0 Å². The first kappa shape index (κ1) is 14.6. The summed E-state index contributed by atoms with van der Waals surface area (Å²) in [6, 6.07) is 3.21. The molecule has 0 aliphatic rings. The molecule has 0 saturated carbocycles. The van der Waals surface area contributed by atoms with E-state index >= 15 is 0 Å². The van der Waals surface area contributed by atoms with Gasteiger partial charge in [-0.05, 0) is 26.0 Å². The monoisotopic (exact) mass is 272 g/mol. The predicted octanol–water partition coefficient (Wildman–Crippen LogP) is 1.39. The minimum atomic E-state index is -0.605. The zero-order chi connectivity index (χ0) is 13.6. The number of furan rings is 1. The smallest absolute Gasteiger partial charge is 0.287 e. The molecule has 1 aromatic heterocycles. The van der Waals surface area contributed by atoms with Gasteiger partial charge in [0, 0.05) is 19.0 Å². The topological polar surface area (TPSA) is 71.3 Å². The van der Waals surface area contributed by atoms with E-state index in [0.717, 1.165) is 0 Å². The van der Waals surface area contributed by atoms with E-state index in [1.54, 1.807) is 26.0 Å². The Bertz CT molecular complexity index is 401. The molecule has 0 radical (unpaired) electrons. The van der Waals surface area contributed by atoms with Crippen molar-refractivity contribution >= 4 is 23.4 Å². The fourth-order valence-corrected chi connectivity index (χ4v) is 1.27. The van der Waals surface area contributed by atoms with E-state index in [2.05, 4.69) is 10.6 Å². The molecular formula is C12H17ClN2O3. The molecule has 0 fully saturated rings. The summed E-state index contributed by atoms with van der Waals surface area (Å²) < 4.78 is 4.93. The molecule has 100 valence electrons. The zero-order valence-corrected chi connectivity index (χ0v) is 11.2. The van der Waals surface area contributed by atoms with Gasteiger partial charge in [0.2, 0.25) is 5.91 Å². The Balaban J connectivity index is 2.23. The van der Waals surface area contributed by atoms with Crippen molar-refractivity contribution < 1.29 is 14.0 Å². The minimum absolute atomic E-state index is 0.134. The van der Waals surface area contributed by atoms with Gasteiger partial charge in [0.05, 0.1) is 11.7 Å². The van der Waals surface area contributed by atoms with Crippen LogP contribution in [-0.2, 0) is 4.79 Å². The van der Waals surface area contributed by atoms with Crippen molar-refractivity contribution in [3.63, 3.8) is 0 Å². The van der Waals surface area contributed by atoms with Gasteiger partial charge >= 0.3 is 0 Å². The van der Waals surface area contributed by atoms with Gasteiger partial charge in [-0.15, -0.1) is 11.6 Å². The van der Waals surface area contributed by atoms with Gasteiger partial charge in [-0.25, -0.2) is 0 Å². The third-order valence-electron chi connectivity index (χ3n) is 2.39. The second-order valence-electron chi connectivity index (χ2n) is 4.51. The fourth-order valence-electron chi connectivity index (χ4n) is 1.15. The van der Waals surface area contributed by atoms with Crippen LogP contribution < -0.4 is 10.6 Å². The third-order valence-corrected chi connectivity index (χ3v) is 3.06. The maximum Gasteiger partial charge on any atom is 0.287 e. The summed E-state index contributed by atoms with van der Waals surface area (Å²) >= 11 is 5.68. The maximum atomic E-state index is 11.6. The van der Waals surface area contributed by atoms with Gasteiger partial charge in [0.25, 0.3) is 5.91 Å². The van der Waals surface area contributed by atoms with Gasteiger partial charge in [-0.2, -0.15) is 0 Å². The summed E-state index contributed by atoms with van der Waals surface area (Å²) in [5.74, 6) is 0.0652. The highest BCUT2D eigenvalue weighted by Crippen LogP contribution is 2.16. The van der Waals surface area contributed by atoms with Crippen molar-refractivity contribution in [2.45, 2.75) is 13.8 Å². The van der Waals surface area contributed by atoms with Crippen molar-refractivity contribution in [3.05, 3.63) is 24.2 Å². The Kier molecular flexibility index (Phi) is 5.22. The number of carbonyl (C=O) groups excluding carboxylic acids is 2. The molecule has 2 N–H and O–H groups in total. The third kappa shape index (κ3) is 4.07. The number of hydrogen-bond donors (Lipinski definition) is 2. The largest absolute Gasteiger partial charge is 0.459 e. The summed E-state index contributed by atoms with van der Waals surface area (Å²) in [6.07, 6.45) is 1.43. The second-order valence-corrected chi connectivity index (χ2v) is 4.77. The van der Waals surface area contributed by atoms with Crippen LogP contribution in [0.15, 0.2) is 22.8 Å². The Hall–Kier alpha value is -1.49. The van der Waals surface area contributed by atoms with Crippen molar-refractivity contribution in [1.82, 2.24) is 10.6 Å². The molecule has 0 bridgehead atoms. The molecule has 18 heavy (non-hydrogen) atoms. The van der Waals surface area contributed by atoms with Gasteiger partial charge in [-0.3, -0.25) is 9.59 Å². The summed E-state index contributed by atoms with van der Waals surface area (Å²) in [5.41, 5.74) is -0.605. The van der Waals surface area contributed by atoms with Crippen molar-refractivity contribution in [2.24, 2.45) is 5.41 Å². The first-order chi connectivity index (χ1) is 8.47. The van der Waals surface area contributed by atoms with Gasteiger partial charge in [0.15, 0.2) is 5.76 Å².